The molecule has 126 valence electrons. The van der Waals surface area contributed by atoms with Crippen LogP contribution in [0.1, 0.15) is 44.0 Å². The molecule has 1 aliphatic heterocycles. The SMILES string of the molecule is C[C@@H](CCC(=O)c1cccc([N+](=O)[O-])c1)C1OCC(C)(C)CO1. The van der Waals surface area contributed by atoms with Crippen LogP contribution in [0.4, 0.5) is 5.69 Å². The van der Waals surface area contributed by atoms with Gasteiger partial charge in [0.05, 0.1) is 18.1 Å². The molecule has 0 aliphatic carbocycles. The first-order chi connectivity index (χ1) is 10.8. The van der Waals surface area contributed by atoms with Crippen molar-refractivity contribution in [3.8, 4) is 0 Å². The van der Waals surface area contributed by atoms with E-state index in [1.807, 2.05) is 6.92 Å². The van der Waals surface area contributed by atoms with Gasteiger partial charge in [-0.25, -0.2) is 0 Å². The van der Waals surface area contributed by atoms with Crippen molar-refractivity contribution in [3.05, 3.63) is 39.9 Å². The first-order valence-electron chi connectivity index (χ1n) is 7.79. The van der Waals surface area contributed by atoms with Crippen molar-refractivity contribution in [1.82, 2.24) is 0 Å². The van der Waals surface area contributed by atoms with E-state index in [1.165, 1.54) is 18.2 Å². The van der Waals surface area contributed by atoms with Crippen molar-refractivity contribution in [3.63, 3.8) is 0 Å². The van der Waals surface area contributed by atoms with Crippen LogP contribution < -0.4 is 0 Å². The Kier molecular flexibility index (Phi) is 5.49. The normalized spacial score (nSPS) is 19.3. The van der Waals surface area contributed by atoms with Crippen molar-refractivity contribution in [2.45, 2.75) is 39.9 Å². The molecule has 23 heavy (non-hydrogen) atoms. The highest BCUT2D eigenvalue weighted by Crippen LogP contribution is 2.28. The number of rotatable bonds is 6. The molecule has 1 aromatic rings. The Labute approximate surface area is 135 Å². The number of hydrogen-bond acceptors (Lipinski definition) is 5. The summed E-state index contributed by atoms with van der Waals surface area (Å²) in [6, 6.07) is 5.84. The van der Waals surface area contributed by atoms with Gasteiger partial charge in [-0.05, 0) is 6.42 Å². The van der Waals surface area contributed by atoms with E-state index in [9.17, 15) is 14.9 Å². The Morgan fingerprint density at radius 1 is 1.39 bits per heavy atom. The van der Waals surface area contributed by atoms with Crippen LogP contribution >= 0.6 is 0 Å². The molecule has 1 aliphatic rings. The molecular weight excluding hydrogens is 298 g/mol. The molecule has 6 heteroatoms. The lowest BCUT2D eigenvalue weighted by molar-refractivity contribution is -0.384. The van der Waals surface area contributed by atoms with Crippen molar-refractivity contribution in [1.29, 1.82) is 0 Å². The van der Waals surface area contributed by atoms with Crippen molar-refractivity contribution in [2.24, 2.45) is 11.3 Å². The Hall–Kier alpha value is -1.79. The minimum Gasteiger partial charge on any atom is -0.352 e. The Balaban J connectivity index is 1.87. The third-order valence-corrected chi connectivity index (χ3v) is 3.95. The highest BCUT2D eigenvalue weighted by atomic mass is 16.7. The second-order valence-electron chi connectivity index (χ2n) is 6.90. The van der Waals surface area contributed by atoms with E-state index in [-0.39, 0.29) is 29.1 Å². The van der Waals surface area contributed by atoms with Crippen LogP contribution in [0.3, 0.4) is 0 Å². The number of hydrogen-bond donors (Lipinski definition) is 0. The number of benzene rings is 1. The second kappa shape index (κ2) is 7.19. The highest BCUT2D eigenvalue weighted by Gasteiger charge is 2.31. The summed E-state index contributed by atoms with van der Waals surface area (Å²) in [7, 11) is 0. The maximum absolute atomic E-state index is 12.2. The molecule has 2 rings (SSSR count). The molecule has 0 radical (unpaired) electrons. The lowest BCUT2D eigenvalue weighted by Crippen LogP contribution is -2.40. The fourth-order valence-corrected chi connectivity index (χ4v) is 2.47. The lowest BCUT2D eigenvalue weighted by Gasteiger charge is -2.37. The minimum absolute atomic E-state index is 0.0228. The predicted octanol–water partition coefficient (Wildman–Crippen LogP) is 3.59. The summed E-state index contributed by atoms with van der Waals surface area (Å²) in [5.74, 6) is -0.00885. The van der Waals surface area contributed by atoms with Gasteiger partial charge in [0.1, 0.15) is 0 Å². The maximum Gasteiger partial charge on any atom is 0.270 e. The molecule has 0 spiro atoms. The summed E-state index contributed by atoms with van der Waals surface area (Å²) >= 11 is 0. The monoisotopic (exact) mass is 321 g/mol. The Morgan fingerprint density at radius 3 is 2.65 bits per heavy atom. The van der Waals surface area contributed by atoms with Crippen molar-refractivity contribution in [2.75, 3.05) is 13.2 Å². The van der Waals surface area contributed by atoms with Crippen LogP contribution in [0.2, 0.25) is 0 Å². The maximum atomic E-state index is 12.2. The van der Waals surface area contributed by atoms with Crippen LogP contribution in [0.25, 0.3) is 0 Å². The predicted molar refractivity (Wildman–Crippen MR) is 85.3 cm³/mol. The van der Waals surface area contributed by atoms with E-state index >= 15 is 0 Å². The summed E-state index contributed by atoms with van der Waals surface area (Å²) in [4.78, 5) is 22.5. The zero-order valence-electron chi connectivity index (χ0n) is 13.8. The van der Waals surface area contributed by atoms with Gasteiger partial charge in [-0.1, -0.05) is 32.9 Å². The fourth-order valence-electron chi connectivity index (χ4n) is 2.47. The second-order valence-corrected chi connectivity index (χ2v) is 6.90. The first-order valence-corrected chi connectivity index (χ1v) is 7.79. The molecule has 0 aromatic heterocycles. The molecule has 0 unspecified atom stereocenters. The minimum atomic E-state index is -0.495. The molecule has 0 amide bonds. The van der Waals surface area contributed by atoms with Gasteiger partial charge in [-0.15, -0.1) is 0 Å². The number of nitrogens with zero attached hydrogens (tertiary/aromatic N) is 1. The molecule has 1 fully saturated rings. The van der Waals surface area contributed by atoms with Gasteiger partial charge >= 0.3 is 0 Å². The number of ether oxygens (including phenoxy) is 2. The molecule has 0 saturated carbocycles. The quantitative estimate of drug-likeness (QED) is 0.454. The van der Waals surface area contributed by atoms with Crippen LogP contribution in [-0.2, 0) is 9.47 Å². The number of nitro benzene ring substituents is 1. The van der Waals surface area contributed by atoms with E-state index in [0.29, 0.717) is 31.6 Å². The summed E-state index contributed by atoms with van der Waals surface area (Å²) in [6.07, 6.45) is 0.641. The number of carbonyl (C=O) groups is 1. The van der Waals surface area contributed by atoms with Gasteiger partial charge in [0.15, 0.2) is 12.1 Å². The van der Waals surface area contributed by atoms with E-state index in [2.05, 4.69) is 13.8 Å². The number of Topliss-reactive ketones (excluding diaryl/α,β-unsaturated/α-hetero) is 1. The molecule has 1 aromatic carbocycles. The third kappa shape index (κ3) is 4.84. The highest BCUT2D eigenvalue weighted by molar-refractivity contribution is 5.96. The summed E-state index contributed by atoms with van der Waals surface area (Å²) in [6.45, 7) is 7.44. The fraction of sp³-hybridized carbons (Fsp3) is 0.588. The Morgan fingerprint density at radius 2 is 2.04 bits per heavy atom. The number of carbonyl (C=O) groups excluding carboxylic acids is 1. The zero-order valence-corrected chi connectivity index (χ0v) is 13.8. The molecule has 0 N–H and O–H groups in total. The van der Waals surface area contributed by atoms with E-state index < -0.39 is 4.92 Å². The average molecular weight is 321 g/mol. The standard InChI is InChI=1S/C17H23NO5/c1-12(16-22-10-17(2,3)11-23-16)7-8-15(19)13-5-4-6-14(9-13)18(20)21/h4-6,9,12,16H,7-8,10-11H2,1-3H3/t12-/m0/s1. The molecule has 6 nitrogen and oxygen atoms in total. The molecule has 1 atom stereocenters. The van der Waals surface area contributed by atoms with Crippen LogP contribution in [0.15, 0.2) is 24.3 Å². The van der Waals surface area contributed by atoms with Gasteiger partial charge in [-0.2, -0.15) is 0 Å². The summed E-state index contributed by atoms with van der Waals surface area (Å²) in [5, 5.41) is 10.8. The number of non-ortho nitro benzene ring substituents is 1. The van der Waals surface area contributed by atoms with Gasteiger partial charge in [0.25, 0.3) is 5.69 Å². The van der Waals surface area contributed by atoms with E-state index in [4.69, 9.17) is 9.47 Å². The van der Waals surface area contributed by atoms with Crippen molar-refractivity contribution >= 4 is 11.5 Å². The number of ketones is 1. The molecule has 1 heterocycles. The molecular formula is C17H23NO5. The first kappa shape index (κ1) is 17.6. The molecule has 0 bridgehead atoms. The van der Waals surface area contributed by atoms with Crippen LogP contribution in [0, 0.1) is 21.4 Å². The van der Waals surface area contributed by atoms with Gasteiger partial charge in [0, 0.05) is 35.4 Å². The van der Waals surface area contributed by atoms with Gasteiger partial charge in [0.2, 0.25) is 0 Å². The third-order valence-electron chi connectivity index (χ3n) is 3.95. The smallest absolute Gasteiger partial charge is 0.270 e. The van der Waals surface area contributed by atoms with Gasteiger partial charge in [-0.3, -0.25) is 14.9 Å². The lowest BCUT2D eigenvalue weighted by atomic mass is 9.94. The molecule has 1 saturated heterocycles. The number of nitro groups is 1. The summed E-state index contributed by atoms with van der Waals surface area (Å²) < 4.78 is 11.4. The van der Waals surface area contributed by atoms with E-state index in [1.54, 1.807) is 6.07 Å². The summed E-state index contributed by atoms with van der Waals surface area (Å²) in [5.41, 5.74) is 0.331. The largest absolute Gasteiger partial charge is 0.352 e. The Bertz CT molecular complexity index is 574. The average Bonchev–Trinajstić information content (AvgIpc) is 2.52. The van der Waals surface area contributed by atoms with Crippen molar-refractivity contribution < 1.29 is 19.2 Å². The van der Waals surface area contributed by atoms with Crippen LogP contribution in [-0.4, -0.2) is 30.2 Å². The van der Waals surface area contributed by atoms with Gasteiger partial charge < -0.3 is 9.47 Å². The topological polar surface area (TPSA) is 78.7 Å². The van der Waals surface area contributed by atoms with E-state index in [0.717, 1.165) is 0 Å². The zero-order chi connectivity index (χ0) is 17.0. The van der Waals surface area contributed by atoms with Crippen LogP contribution in [0.5, 0.6) is 0 Å².